The summed E-state index contributed by atoms with van der Waals surface area (Å²) in [7, 11) is 0. The Morgan fingerprint density at radius 3 is 2.83 bits per heavy atom. The zero-order valence-electron chi connectivity index (χ0n) is 10.1. The zero-order valence-corrected chi connectivity index (χ0v) is 12.5. The number of thioether (sulfide) groups is 1. The highest BCUT2D eigenvalue weighted by atomic mass is 79.9. The molecule has 0 N–H and O–H groups in total. The fraction of sp³-hybridized carbons (Fsp3) is 0.385. The van der Waals surface area contributed by atoms with E-state index in [0.717, 1.165) is 23.6 Å². The van der Waals surface area contributed by atoms with Gasteiger partial charge in [-0.25, -0.2) is 0 Å². The van der Waals surface area contributed by atoms with Crippen LogP contribution < -0.4 is 4.90 Å². The van der Waals surface area contributed by atoms with Crippen LogP contribution in [0.5, 0.6) is 0 Å². The number of Topliss-reactive ketones (excluding diaryl/α,β-unsaturated/α-hetero) is 1. The lowest BCUT2D eigenvalue weighted by Crippen LogP contribution is -2.30. The van der Waals surface area contributed by atoms with Crippen LogP contribution in [0, 0.1) is 0 Å². The Labute approximate surface area is 119 Å². The maximum Gasteiger partial charge on any atom is 0.299 e. The fourth-order valence-electron chi connectivity index (χ4n) is 1.99. The van der Waals surface area contributed by atoms with Crippen LogP contribution in [0.2, 0.25) is 0 Å². The van der Waals surface area contributed by atoms with E-state index in [-0.39, 0.29) is 0 Å². The minimum atomic E-state index is -0.404. The van der Waals surface area contributed by atoms with Crippen LogP contribution in [0.25, 0.3) is 0 Å². The van der Waals surface area contributed by atoms with Crippen LogP contribution in [0.3, 0.4) is 0 Å². The molecule has 18 heavy (non-hydrogen) atoms. The minimum absolute atomic E-state index is 0.402. The van der Waals surface area contributed by atoms with Crippen molar-refractivity contribution in [1.82, 2.24) is 0 Å². The summed E-state index contributed by atoms with van der Waals surface area (Å²) in [5, 5.41) is 0. The Bertz CT molecular complexity index is 490. The summed E-state index contributed by atoms with van der Waals surface area (Å²) >= 11 is 5.18. The molecule has 0 fully saturated rings. The average Bonchev–Trinajstić information content (AvgIpc) is 2.60. The van der Waals surface area contributed by atoms with Gasteiger partial charge in [-0.1, -0.05) is 13.0 Å². The number of hydrogen-bond donors (Lipinski definition) is 0. The van der Waals surface area contributed by atoms with Crippen molar-refractivity contribution in [2.45, 2.75) is 13.3 Å². The number of carbonyl (C=O) groups excluding carboxylic acids is 2. The molecule has 0 saturated carbocycles. The van der Waals surface area contributed by atoms with Crippen LogP contribution in [-0.4, -0.2) is 29.7 Å². The van der Waals surface area contributed by atoms with Gasteiger partial charge in [-0.15, -0.1) is 0 Å². The molecule has 0 radical (unpaired) electrons. The van der Waals surface area contributed by atoms with E-state index in [0.29, 0.717) is 16.6 Å². The molecule has 0 saturated heterocycles. The van der Waals surface area contributed by atoms with Gasteiger partial charge >= 0.3 is 0 Å². The van der Waals surface area contributed by atoms with Gasteiger partial charge in [-0.3, -0.25) is 9.59 Å². The van der Waals surface area contributed by atoms with Crippen molar-refractivity contribution in [2.75, 3.05) is 23.0 Å². The van der Waals surface area contributed by atoms with Crippen molar-refractivity contribution in [2.24, 2.45) is 0 Å². The van der Waals surface area contributed by atoms with E-state index >= 15 is 0 Å². The number of halogens is 1. The monoisotopic (exact) mass is 327 g/mol. The number of nitrogens with zero attached hydrogens (tertiary/aromatic N) is 1. The molecule has 5 heteroatoms. The number of hydrogen-bond acceptors (Lipinski definition) is 3. The SMILES string of the molecule is CCSCCCN1C(=O)C(=O)c2c(Br)cccc21. The molecule has 1 aliphatic rings. The van der Waals surface area contributed by atoms with E-state index in [4.69, 9.17) is 0 Å². The van der Waals surface area contributed by atoms with Gasteiger partial charge < -0.3 is 4.90 Å². The molecule has 1 aromatic rings. The van der Waals surface area contributed by atoms with Gasteiger partial charge in [0.05, 0.1) is 11.3 Å². The summed E-state index contributed by atoms with van der Waals surface area (Å²) in [4.78, 5) is 25.4. The first kappa shape index (κ1) is 13.6. The molecule has 96 valence electrons. The normalized spacial score (nSPS) is 14.2. The van der Waals surface area contributed by atoms with Crippen molar-refractivity contribution in [3.63, 3.8) is 0 Å². The molecule has 0 spiro atoms. The second-order valence-electron chi connectivity index (χ2n) is 3.97. The molecule has 3 nitrogen and oxygen atoms in total. The highest BCUT2D eigenvalue weighted by molar-refractivity contribution is 9.10. The van der Waals surface area contributed by atoms with E-state index in [1.165, 1.54) is 0 Å². The molecule has 1 amide bonds. The van der Waals surface area contributed by atoms with Crippen molar-refractivity contribution in [3.05, 3.63) is 28.2 Å². The molecular weight excluding hydrogens is 314 g/mol. The van der Waals surface area contributed by atoms with Crippen molar-refractivity contribution >= 4 is 45.1 Å². The van der Waals surface area contributed by atoms with Crippen LogP contribution in [0.4, 0.5) is 5.69 Å². The number of benzene rings is 1. The van der Waals surface area contributed by atoms with E-state index in [2.05, 4.69) is 22.9 Å². The van der Waals surface area contributed by atoms with E-state index in [1.807, 2.05) is 23.9 Å². The summed E-state index contributed by atoms with van der Waals surface area (Å²) in [6, 6.07) is 5.47. The average molecular weight is 328 g/mol. The van der Waals surface area contributed by atoms with Gasteiger partial charge in [0.15, 0.2) is 0 Å². The van der Waals surface area contributed by atoms with Crippen molar-refractivity contribution in [1.29, 1.82) is 0 Å². The summed E-state index contributed by atoms with van der Waals surface area (Å²) in [6.45, 7) is 2.72. The Morgan fingerprint density at radius 2 is 2.11 bits per heavy atom. The third-order valence-electron chi connectivity index (χ3n) is 2.82. The third-order valence-corrected chi connectivity index (χ3v) is 4.47. The van der Waals surface area contributed by atoms with Gasteiger partial charge in [0, 0.05) is 11.0 Å². The Balaban J connectivity index is 2.16. The molecule has 0 aromatic heterocycles. The summed E-state index contributed by atoms with van der Waals surface area (Å²) in [6.07, 6.45) is 0.906. The van der Waals surface area contributed by atoms with Crippen LogP contribution in [0.1, 0.15) is 23.7 Å². The quantitative estimate of drug-likeness (QED) is 0.616. The minimum Gasteiger partial charge on any atom is -0.305 e. The highest BCUT2D eigenvalue weighted by Gasteiger charge is 2.36. The zero-order chi connectivity index (χ0) is 13.1. The van der Waals surface area contributed by atoms with E-state index in [1.54, 1.807) is 11.0 Å². The smallest absolute Gasteiger partial charge is 0.299 e. The van der Waals surface area contributed by atoms with E-state index < -0.39 is 11.7 Å². The lowest BCUT2D eigenvalue weighted by molar-refractivity contribution is -0.114. The molecular formula is C13H14BrNO2S. The first-order valence-electron chi connectivity index (χ1n) is 5.89. The Morgan fingerprint density at radius 1 is 1.33 bits per heavy atom. The lowest BCUT2D eigenvalue weighted by Gasteiger charge is -2.16. The number of ketones is 1. The Hall–Kier alpha value is -0.810. The number of rotatable bonds is 5. The fourth-order valence-corrected chi connectivity index (χ4v) is 3.15. The molecule has 0 unspecified atom stereocenters. The highest BCUT2D eigenvalue weighted by Crippen LogP contribution is 2.34. The van der Waals surface area contributed by atoms with Gasteiger partial charge in [-0.2, -0.15) is 11.8 Å². The first-order chi connectivity index (χ1) is 8.66. The first-order valence-corrected chi connectivity index (χ1v) is 7.84. The second-order valence-corrected chi connectivity index (χ2v) is 6.22. The topological polar surface area (TPSA) is 37.4 Å². The summed E-state index contributed by atoms with van der Waals surface area (Å²) in [5.41, 5.74) is 1.24. The molecule has 2 rings (SSSR count). The van der Waals surface area contributed by atoms with Crippen LogP contribution in [-0.2, 0) is 4.79 Å². The largest absolute Gasteiger partial charge is 0.305 e. The molecule has 1 aliphatic heterocycles. The van der Waals surface area contributed by atoms with Crippen molar-refractivity contribution < 1.29 is 9.59 Å². The molecule has 1 aromatic carbocycles. The predicted molar refractivity (Wildman–Crippen MR) is 78.4 cm³/mol. The number of anilines is 1. The van der Waals surface area contributed by atoms with Crippen LogP contribution in [0.15, 0.2) is 22.7 Å². The van der Waals surface area contributed by atoms with Gasteiger partial charge in [0.2, 0.25) is 0 Å². The number of amides is 1. The maximum atomic E-state index is 11.9. The third kappa shape index (κ3) is 2.47. The van der Waals surface area contributed by atoms with Crippen LogP contribution >= 0.6 is 27.7 Å². The molecule has 0 bridgehead atoms. The van der Waals surface area contributed by atoms with Gasteiger partial charge in [-0.05, 0) is 46.0 Å². The standard InChI is InChI=1S/C13H14BrNO2S/c1-2-18-8-4-7-15-10-6-3-5-9(14)11(10)12(16)13(15)17/h3,5-6H,2,4,7-8H2,1H3. The number of fused-ring (bicyclic) bond motifs is 1. The maximum absolute atomic E-state index is 11.9. The Kier molecular flexibility index (Phi) is 4.45. The summed E-state index contributed by atoms with van der Waals surface area (Å²) < 4.78 is 0.698. The number of carbonyl (C=O) groups is 2. The van der Waals surface area contributed by atoms with E-state index in [9.17, 15) is 9.59 Å². The second kappa shape index (κ2) is 5.89. The molecule has 0 aliphatic carbocycles. The predicted octanol–water partition coefficient (Wildman–Crippen LogP) is 3.12. The van der Waals surface area contributed by atoms with Crippen molar-refractivity contribution in [3.8, 4) is 0 Å². The summed E-state index contributed by atoms with van der Waals surface area (Å²) in [5.74, 6) is 1.28. The van der Waals surface area contributed by atoms with Gasteiger partial charge in [0.1, 0.15) is 0 Å². The molecule has 1 heterocycles. The van der Waals surface area contributed by atoms with Gasteiger partial charge in [0.25, 0.3) is 11.7 Å². The molecule has 0 atom stereocenters. The lowest BCUT2D eigenvalue weighted by atomic mass is 10.1.